The minimum absolute atomic E-state index is 0.0157. The summed E-state index contributed by atoms with van der Waals surface area (Å²) in [7, 11) is -2.37. The molecule has 0 saturated heterocycles. The van der Waals surface area contributed by atoms with E-state index >= 15 is 0 Å². The molecule has 2 N–H and O–H groups in total. The number of rotatable bonds is 9. The van der Waals surface area contributed by atoms with Crippen LogP contribution in [0.5, 0.6) is 0 Å². The topological polar surface area (TPSA) is 139 Å². The number of nitrogens with zero attached hydrogens (tertiary/aromatic N) is 3. The number of hydrogen-bond donors (Lipinski definition) is 2. The third-order valence-corrected chi connectivity index (χ3v) is 8.56. The maximum Gasteiger partial charge on any atom is 0.255 e. The fourth-order valence-corrected chi connectivity index (χ4v) is 6.22. The minimum Gasteiger partial charge on any atom is -0.455 e. The zero-order valence-electron chi connectivity index (χ0n) is 24.6. The first kappa shape index (κ1) is 30.0. The van der Waals surface area contributed by atoms with Crippen molar-refractivity contribution < 1.29 is 31.5 Å². The van der Waals surface area contributed by atoms with Crippen LogP contribution in [0.25, 0.3) is 56.1 Å². The van der Waals surface area contributed by atoms with E-state index in [4.69, 9.17) is 8.83 Å². The molecule has 0 aliphatic rings. The minimum atomic E-state index is -3.86. The van der Waals surface area contributed by atoms with E-state index in [1.165, 1.54) is 35.6 Å². The van der Waals surface area contributed by atoms with Gasteiger partial charge in [-0.3, -0.25) is 9.10 Å². The number of aromatic nitrogens is 2. The highest BCUT2D eigenvalue weighted by Crippen LogP contribution is 2.42. The van der Waals surface area contributed by atoms with Crippen LogP contribution >= 0.6 is 0 Å². The van der Waals surface area contributed by atoms with Gasteiger partial charge in [-0.05, 0) is 66.1 Å². The van der Waals surface area contributed by atoms with E-state index in [0.29, 0.717) is 44.8 Å². The summed E-state index contributed by atoms with van der Waals surface area (Å²) in [4.78, 5) is 22.0. The van der Waals surface area contributed by atoms with Gasteiger partial charge in [0.2, 0.25) is 15.9 Å². The average molecular weight is 629 g/mol. The second kappa shape index (κ2) is 11.8. The summed E-state index contributed by atoms with van der Waals surface area (Å²) in [6, 6.07) is 19.6. The van der Waals surface area contributed by atoms with Crippen molar-refractivity contribution >= 4 is 43.8 Å². The number of anilines is 1. The van der Waals surface area contributed by atoms with Crippen LogP contribution in [0.4, 0.5) is 10.1 Å². The maximum atomic E-state index is 13.8. The number of amides is 1. The molecule has 6 rings (SSSR count). The van der Waals surface area contributed by atoms with Gasteiger partial charge in [-0.2, -0.15) is 4.98 Å². The summed E-state index contributed by atoms with van der Waals surface area (Å²) in [6.07, 6.45) is 2.71. The second-order valence-corrected chi connectivity index (χ2v) is 12.7. The first-order valence-corrected chi connectivity index (χ1v) is 15.9. The highest BCUT2D eigenvalue weighted by molar-refractivity contribution is 7.92. The summed E-state index contributed by atoms with van der Waals surface area (Å²) in [5, 5.41) is 12.9. The van der Waals surface area contributed by atoms with Gasteiger partial charge in [0.05, 0.1) is 17.5 Å². The lowest BCUT2D eigenvalue weighted by molar-refractivity contribution is 0.0964. The Labute approximate surface area is 258 Å². The molecule has 3 aromatic carbocycles. The molecule has 3 aromatic heterocycles. The van der Waals surface area contributed by atoms with Crippen molar-refractivity contribution in [3.63, 3.8) is 0 Å². The highest BCUT2D eigenvalue weighted by atomic mass is 32.2. The molecule has 45 heavy (non-hydrogen) atoms. The zero-order valence-corrected chi connectivity index (χ0v) is 25.4. The Hall–Kier alpha value is -5.07. The molecule has 10 nitrogen and oxygen atoms in total. The summed E-state index contributed by atoms with van der Waals surface area (Å²) in [5.74, 6) is -0.745. The number of aliphatic hydroxyl groups is 1. The lowest BCUT2D eigenvalue weighted by atomic mass is 9.97. The first-order valence-electron chi connectivity index (χ1n) is 14.1. The largest absolute Gasteiger partial charge is 0.455 e. The molecule has 0 spiro atoms. The molecule has 1 atom stereocenters. The number of fused-ring (bicyclic) bond motifs is 2. The molecule has 6 aromatic rings. The van der Waals surface area contributed by atoms with E-state index in [-0.39, 0.29) is 35.7 Å². The van der Waals surface area contributed by atoms with Crippen LogP contribution in [-0.2, 0) is 10.0 Å². The molecule has 0 saturated carbocycles. The first-order chi connectivity index (χ1) is 21.6. The standard InChI is InChI=1S/C33H29FN4O6S/c1-19(18-39)17-38(45(3,41)42)26-16-28-25(29(32(40)35-2)30(43-28)20-9-11-23(34)12-10-20)15-24(26)21-6-4-7-22(14-21)33-37-31-27(44-33)8-5-13-36-31/h4-16,19,39H,17-18H2,1-3H3,(H,35,40). The average Bonchev–Trinajstić information content (AvgIpc) is 3.64. The number of pyridine rings is 1. The van der Waals surface area contributed by atoms with Gasteiger partial charge in [0.25, 0.3) is 5.91 Å². The number of aliphatic hydroxyl groups excluding tert-OH is 1. The Bertz CT molecular complexity index is 2120. The molecule has 0 fully saturated rings. The number of benzene rings is 3. The fourth-order valence-electron chi connectivity index (χ4n) is 5.19. The van der Waals surface area contributed by atoms with Crippen LogP contribution in [0.2, 0.25) is 0 Å². The van der Waals surface area contributed by atoms with Crippen molar-refractivity contribution in [1.82, 2.24) is 15.3 Å². The van der Waals surface area contributed by atoms with Gasteiger partial charge in [0.15, 0.2) is 11.2 Å². The van der Waals surface area contributed by atoms with Crippen LogP contribution in [-0.4, -0.2) is 55.9 Å². The van der Waals surface area contributed by atoms with E-state index in [9.17, 15) is 22.7 Å². The van der Waals surface area contributed by atoms with Gasteiger partial charge in [0.1, 0.15) is 17.2 Å². The quantitative estimate of drug-likeness (QED) is 0.203. The van der Waals surface area contributed by atoms with Crippen LogP contribution in [0.3, 0.4) is 0 Å². The van der Waals surface area contributed by atoms with Crippen molar-refractivity contribution in [1.29, 1.82) is 0 Å². The van der Waals surface area contributed by atoms with Crippen molar-refractivity contribution in [2.24, 2.45) is 5.92 Å². The predicted octanol–water partition coefficient (Wildman–Crippen LogP) is 5.86. The number of carbonyl (C=O) groups excluding carboxylic acids is 1. The number of oxazole rings is 1. The van der Waals surface area contributed by atoms with E-state index < -0.39 is 27.7 Å². The monoisotopic (exact) mass is 628 g/mol. The Morgan fingerprint density at radius 3 is 2.44 bits per heavy atom. The molecule has 0 bridgehead atoms. The molecule has 0 aliphatic heterocycles. The van der Waals surface area contributed by atoms with Crippen LogP contribution in [0.1, 0.15) is 17.3 Å². The number of halogens is 1. The van der Waals surface area contributed by atoms with Crippen LogP contribution < -0.4 is 9.62 Å². The van der Waals surface area contributed by atoms with E-state index in [1.807, 2.05) is 18.2 Å². The van der Waals surface area contributed by atoms with Gasteiger partial charge in [0, 0.05) is 54.5 Å². The molecule has 3 heterocycles. The predicted molar refractivity (Wildman–Crippen MR) is 170 cm³/mol. The molecule has 1 unspecified atom stereocenters. The van der Waals surface area contributed by atoms with Crippen LogP contribution in [0.15, 0.2) is 87.8 Å². The van der Waals surface area contributed by atoms with E-state index in [2.05, 4.69) is 15.3 Å². The van der Waals surface area contributed by atoms with Gasteiger partial charge in [-0.15, -0.1) is 0 Å². The number of carbonyl (C=O) groups is 1. The third-order valence-electron chi connectivity index (χ3n) is 7.41. The molecule has 0 aliphatic carbocycles. The SMILES string of the molecule is CNC(=O)c1c(-c2ccc(F)cc2)oc2cc(N(CC(C)CO)S(C)(=O)=O)c(-c3cccc(-c4nc5ncccc5o4)c3)cc12. The summed E-state index contributed by atoms with van der Waals surface area (Å²) >= 11 is 0. The second-order valence-electron chi connectivity index (χ2n) is 10.8. The third kappa shape index (κ3) is 5.77. The van der Waals surface area contributed by atoms with Crippen molar-refractivity contribution in [2.75, 3.05) is 30.8 Å². The summed E-state index contributed by atoms with van der Waals surface area (Å²) in [5.41, 5.74) is 3.88. The van der Waals surface area contributed by atoms with Crippen molar-refractivity contribution in [3.8, 4) is 33.9 Å². The highest BCUT2D eigenvalue weighted by Gasteiger charge is 2.28. The lowest BCUT2D eigenvalue weighted by Gasteiger charge is -2.27. The van der Waals surface area contributed by atoms with Crippen molar-refractivity contribution in [2.45, 2.75) is 6.92 Å². The molecule has 1 amide bonds. The normalized spacial score (nSPS) is 12.5. The van der Waals surface area contributed by atoms with Gasteiger partial charge < -0.3 is 19.3 Å². The smallest absolute Gasteiger partial charge is 0.255 e. The fraction of sp³-hybridized carbons (Fsp3) is 0.182. The van der Waals surface area contributed by atoms with Gasteiger partial charge in [-0.25, -0.2) is 17.8 Å². The molecule has 0 radical (unpaired) electrons. The molecule has 12 heteroatoms. The van der Waals surface area contributed by atoms with Crippen molar-refractivity contribution in [3.05, 3.63) is 90.4 Å². The Balaban J connectivity index is 1.63. The van der Waals surface area contributed by atoms with Crippen LogP contribution in [0, 0.1) is 11.7 Å². The van der Waals surface area contributed by atoms with E-state index in [0.717, 1.165) is 6.26 Å². The Morgan fingerprint density at radius 1 is 1.00 bits per heavy atom. The number of sulfonamides is 1. The van der Waals surface area contributed by atoms with Gasteiger partial charge >= 0.3 is 0 Å². The molecule has 230 valence electrons. The Kier molecular flexibility index (Phi) is 7.85. The Morgan fingerprint density at radius 2 is 1.76 bits per heavy atom. The lowest BCUT2D eigenvalue weighted by Crippen LogP contribution is -2.35. The van der Waals surface area contributed by atoms with E-state index in [1.54, 1.807) is 43.5 Å². The zero-order chi connectivity index (χ0) is 31.9. The maximum absolute atomic E-state index is 13.8. The molecular weight excluding hydrogens is 599 g/mol. The molecular formula is C33H29FN4O6S. The number of furan rings is 1. The summed E-state index contributed by atoms with van der Waals surface area (Å²) in [6.45, 7) is 1.49. The number of nitrogens with one attached hydrogen (secondary N) is 1. The summed E-state index contributed by atoms with van der Waals surface area (Å²) < 4.78 is 53.6. The van der Waals surface area contributed by atoms with Gasteiger partial charge in [-0.1, -0.05) is 19.1 Å². The number of hydrogen-bond acceptors (Lipinski definition) is 8.